The van der Waals surface area contributed by atoms with E-state index < -0.39 is 43.1 Å². The normalized spacial score (nSPS) is 19.7. The Hall–Kier alpha value is -1.99. The Labute approximate surface area is 197 Å². The molecule has 1 saturated heterocycles. The van der Waals surface area contributed by atoms with Gasteiger partial charge in [-0.15, -0.1) is 0 Å². The van der Waals surface area contributed by atoms with E-state index in [4.69, 9.17) is 10.4 Å². The Morgan fingerprint density at radius 1 is 0.706 bits per heavy atom. The van der Waals surface area contributed by atoms with E-state index in [2.05, 4.69) is 0 Å². The molecule has 1 aliphatic heterocycles. The van der Waals surface area contributed by atoms with Gasteiger partial charge in [0, 0.05) is 52.4 Å². The third kappa shape index (κ3) is 11.9. The quantitative estimate of drug-likeness (QED) is 0.102. The minimum absolute atomic E-state index is 0. The van der Waals surface area contributed by atoms with Crippen LogP contribution in [0.5, 0.6) is 0 Å². The fourth-order valence-corrected chi connectivity index (χ4v) is 3.63. The molecular weight excluding hydrogens is 458 g/mol. The average molecular weight is 498 g/mol. The van der Waals surface area contributed by atoms with Gasteiger partial charge in [-0.2, -0.15) is 0 Å². The number of carbonyl (C=O) groups excluding carboxylic acids is 2. The summed E-state index contributed by atoms with van der Waals surface area (Å²) >= 11 is 0. The number of hydroxylamine groups is 2. The molecule has 200 valence electrons. The summed E-state index contributed by atoms with van der Waals surface area (Å²) in [6.45, 7) is 0.669. The fraction of sp³-hybridized carbons (Fsp3) is 0.833. The van der Waals surface area contributed by atoms with Gasteiger partial charge in [-0.25, -0.2) is 11.0 Å². The predicted molar refractivity (Wildman–Crippen MR) is 117 cm³/mol. The SMILES string of the molecule is N.O=C(O)CN1CCN(CC(=O)NO)CCN(CC(=O)NO)CCN([C@H](CO)[C@H](O)CO)CC1. The first kappa shape index (κ1) is 32.0. The molecule has 0 saturated carbocycles. The van der Waals surface area contributed by atoms with Crippen LogP contribution in [0.1, 0.15) is 0 Å². The van der Waals surface area contributed by atoms with Gasteiger partial charge in [-0.05, 0) is 0 Å². The number of amides is 2. The Kier molecular flexibility index (Phi) is 16.4. The fourth-order valence-electron chi connectivity index (χ4n) is 3.63. The third-order valence-corrected chi connectivity index (χ3v) is 5.50. The molecule has 1 rings (SSSR count). The van der Waals surface area contributed by atoms with Crippen molar-refractivity contribution in [1.82, 2.24) is 36.7 Å². The van der Waals surface area contributed by atoms with Crippen molar-refractivity contribution >= 4 is 17.8 Å². The molecule has 2 atom stereocenters. The van der Waals surface area contributed by atoms with Crippen LogP contribution in [-0.2, 0) is 14.4 Å². The molecule has 0 spiro atoms. The van der Waals surface area contributed by atoms with Crippen molar-refractivity contribution in [1.29, 1.82) is 0 Å². The number of aliphatic hydroxyl groups is 3. The predicted octanol–water partition coefficient (Wildman–Crippen LogP) is -4.82. The van der Waals surface area contributed by atoms with Crippen LogP contribution in [-0.4, -0.2) is 166 Å². The highest BCUT2D eigenvalue weighted by Gasteiger charge is 2.27. The molecular formula is C18H39N7O9. The summed E-state index contributed by atoms with van der Waals surface area (Å²) in [5, 5.41) is 56.2. The Morgan fingerprint density at radius 3 is 1.41 bits per heavy atom. The number of nitrogens with zero attached hydrogens (tertiary/aromatic N) is 4. The summed E-state index contributed by atoms with van der Waals surface area (Å²) < 4.78 is 0. The topological polar surface area (TPSA) is 245 Å². The molecule has 0 bridgehead atoms. The maximum atomic E-state index is 11.7. The van der Waals surface area contributed by atoms with Crippen LogP contribution in [0.25, 0.3) is 0 Å². The van der Waals surface area contributed by atoms with Crippen LogP contribution in [0.15, 0.2) is 0 Å². The van der Waals surface area contributed by atoms with Crippen LogP contribution in [0, 0.1) is 0 Å². The average Bonchev–Trinajstić information content (AvgIpc) is 2.79. The number of hydrogen-bond donors (Lipinski definition) is 9. The minimum atomic E-state index is -1.22. The molecule has 1 heterocycles. The van der Waals surface area contributed by atoms with Crippen molar-refractivity contribution in [2.24, 2.45) is 0 Å². The standard InChI is InChI=1S/C18H36N6O9.H3N/c25-12-14(15(27)13-26)24-7-5-22(10-17(29)20-33)2-1-21(9-16(28)19-32)3-4-23(6-8-24)11-18(30)31;/h14-15,25-27,32-33H,1-13H2,(H,19,28)(H,20,29)(H,30,31);1H3/t14-,15-;/m1./s1. The number of carboxylic acid groups (broad SMARTS) is 1. The zero-order valence-corrected chi connectivity index (χ0v) is 19.3. The zero-order valence-electron chi connectivity index (χ0n) is 19.3. The van der Waals surface area contributed by atoms with Gasteiger partial charge in [0.15, 0.2) is 0 Å². The molecule has 2 amide bonds. The maximum absolute atomic E-state index is 11.7. The largest absolute Gasteiger partial charge is 0.480 e. The maximum Gasteiger partial charge on any atom is 0.317 e. The summed E-state index contributed by atoms with van der Waals surface area (Å²) in [6.07, 6.45) is -1.22. The first-order valence-electron chi connectivity index (χ1n) is 10.6. The van der Waals surface area contributed by atoms with Crippen molar-refractivity contribution in [3.63, 3.8) is 0 Å². The first-order valence-corrected chi connectivity index (χ1v) is 10.6. The minimum Gasteiger partial charge on any atom is -0.480 e. The molecule has 11 N–H and O–H groups in total. The highest BCUT2D eigenvalue weighted by Crippen LogP contribution is 2.08. The van der Waals surface area contributed by atoms with Crippen molar-refractivity contribution in [2.75, 3.05) is 85.2 Å². The van der Waals surface area contributed by atoms with Crippen LogP contribution in [0.3, 0.4) is 0 Å². The van der Waals surface area contributed by atoms with Gasteiger partial charge >= 0.3 is 5.97 Å². The highest BCUT2D eigenvalue weighted by molar-refractivity contribution is 5.77. The summed E-state index contributed by atoms with van der Waals surface area (Å²) in [6, 6.07) is -0.803. The molecule has 16 nitrogen and oxygen atoms in total. The Balaban J connectivity index is 0.0000109. The summed E-state index contributed by atoms with van der Waals surface area (Å²) in [5.74, 6) is -2.32. The second-order valence-corrected chi connectivity index (χ2v) is 7.83. The first-order chi connectivity index (χ1) is 15.7. The van der Waals surface area contributed by atoms with Gasteiger partial charge in [0.25, 0.3) is 11.8 Å². The lowest BCUT2D eigenvalue weighted by molar-refractivity contribution is -0.138. The number of hydrogen-bond acceptors (Lipinski definition) is 13. The van der Waals surface area contributed by atoms with Crippen molar-refractivity contribution < 1.29 is 45.2 Å². The summed E-state index contributed by atoms with van der Waals surface area (Å²) in [7, 11) is 0. The molecule has 0 radical (unpaired) electrons. The molecule has 0 aromatic heterocycles. The molecule has 0 unspecified atom stereocenters. The third-order valence-electron chi connectivity index (χ3n) is 5.50. The van der Waals surface area contributed by atoms with E-state index in [-0.39, 0.29) is 58.5 Å². The number of rotatable bonds is 10. The molecule has 0 aliphatic carbocycles. The molecule has 1 fully saturated rings. The lowest BCUT2D eigenvalue weighted by Crippen LogP contribution is -2.54. The van der Waals surface area contributed by atoms with E-state index >= 15 is 0 Å². The van der Waals surface area contributed by atoms with E-state index in [1.807, 2.05) is 0 Å². The second-order valence-electron chi connectivity index (χ2n) is 7.83. The molecule has 34 heavy (non-hydrogen) atoms. The number of carboxylic acids is 1. The van der Waals surface area contributed by atoms with E-state index in [0.29, 0.717) is 19.6 Å². The highest BCUT2D eigenvalue weighted by atomic mass is 16.5. The number of nitrogens with one attached hydrogen (secondary N) is 2. The van der Waals surface area contributed by atoms with Crippen LogP contribution < -0.4 is 17.1 Å². The number of aliphatic hydroxyl groups excluding tert-OH is 3. The monoisotopic (exact) mass is 497 g/mol. The number of carbonyl (C=O) groups is 3. The van der Waals surface area contributed by atoms with Gasteiger partial charge in [0.2, 0.25) is 0 Å². The van der Waals surface area contributed by atoms with E-state index in [1.165, 1.54) is 0 Å². The lowest BCUT2D eigenvalue weighted by Gasteiger charge is -2.37. The molecule has 16 heteroatoms. The Bertz CT molecular complexity index is 616. The summed E-state index contributed by atoms with van der Waals surface area (Å²) in [4.78, 5) is 41.5. The van der Waals surface area contributed by atoms with Gasteiger partial charge in [-0.3, -0.25) is 44.4 Å². The molecule has 0 aromatic rings. The van der Waals surface area contributed by atoms with Crippen LogP contribution in [0.2, 0.25) is 0 Å². The van der Waals surface area contributed by atoms with Crippen molar-refractivity contribution in [3.8, 4) is 0 Å². The van der Waals surface area contributed by atoms with E-state index in [9.17, 15) is 34.8 Å². The smallest absolute Gasteiger partial charge is 0.317 e. The van der Waals surface area contributed by atoms with Gasteiger partial charge in [0.1, 0.15) is 0 Å². The lowest BCUT2D eigenvalue weighted by atomic mass is 10.1. The van der Waals surface area contributed by atoms with Crippen LogP contribution >= 0.6 is 0 Å². The summed E-state index contributed by atoms with van der Waals surface area (Å²) in [5.41, 5.74) is 3.13. The zero-order chi connectivity index (χ0) is 24.8. The Morgan fingerprint density at radius 2 is 1.09 bits per heavy atom. The van der Waals surface area contributed by atoms with Crippen LogP contribution in [0.4, 0.5) is 0 Å². The number of aliphatic carboxylic acids is 1. The molecule has 0 aromatic carbocycles. The van der Waals surface area contributed by atoms with E-state index in [1.54, 1.807) is 30.6 Å². The van der Waals surface area contributed by atoms with Gasteiger partial charge < -0.3 is 26.6 Å². The van der Waals surface area contributed by atoms with Gasteiger partial charge in [-0.1, -0.05) is 0 Å². The van der Waals surface area contributed by atoms with Crippen molar-refractivity contribution in [3.05, 3.63) is 0 Å². The van der Waals surface area contributed by atoms with Gasteiger partial charge in [0.05, 0.1) is 45.0 Å². The van der Waals surface area contributed by atoms with Crippen molar-refractivity contribution in [2.45, 2.75) is 12.1 Å². The van der Waals surface area contributed by atoms with E-state index in [0.717, 1.165) is 0 Å². The second kappa shape index (κ2) is 17.4. The molecule has 1 aliphatic rings.